The predicted octanol–water partition coefficient (Wildman–Crippen LogP) is 4.74. The first-order valence-corrected chi connectivity index (χ1v) is 10.1. The molecule has 0 radical (unpaired) electrons. The number of nitrogens with one attached hydrogen (secondary N) is 1. The molecule has 0 saturated heterocycles. The molecule has 3 aromatic rings. The van der Waals surface area contributed by atoms with Crippen LogP contribution < -0.4 is 10.1 Å². The fraction of sp³-hybridized carbons (Fsp3) is 0.375. The van der Waals surface area contributed by atoms with Crippen molar-refractivity contribution in [3.63, 3.8) is 0 Å². The van der Waals surface area contributed by atoms with Crippen molar-refractivity contribution < 1.29 is 9.53 Å². The highest BCUT2D eigenvalue weighted by Gasteiger charge is 2.67. The van der Waals surface area contributed by atoms with E-state index >= 15 is 0 Å². The first-order valence-electron chi connectivity index (χ1n) is 10.1. The van der Waals surface area contributed by atoms with Gasteiger partial charge in [-0.2, -0.15) is 0 Å². The number of aromatic nitrogens is 2. The van der Waals surface area contributed by atoms with Gasteiger partial charge < -0.3 is 10.1 Å². The maximum Gasteiger partial charge on any atom is 0.237 e. The molecule has 5 nitrogen and oxygen atoms in total. The van der Waals surface area contributed by atoms with E-state index < -0.39 is 5.41 Å². The van der Waals surface area contributed by atoms with Crippen LogP contribution >= 0.6 is 0 Å². The molecule has 1 fully saturated rings. The van der Waals surface area contributed by atoms with Gasteiger partial charge >= 0.3 is 0 Å². The summed E-state index contributed by atoms with van der Waals surface area (Å²) >= 11 is 0. The monoisotopic (exact) mass is 387 g/mol. The van der Waals surface area contributed by atoms with Gasteiger partial charge in [0.2, 0.25) is 5.91 Å². The SMILES string of the molecule is COc1ccc(C)cc1NC(=O)C12CCC(c3nc4ccccc4nc31)C2(C)C. The Morgan fingerprint density at radius 2 is 1.86 bits per heavy atom. The number of para-hydroxylation sites is 2. The third-order valence-electron chi connectivity index (χ3n) is 7.10. The van der Waals surface area contributed by atoms with Gasteiger partial charge in [0.25, 0.3) is 0 Å². The second kappa shape index (κ2) is 6.02. The van der Waals surface area contributed by atoms with Gasteiger partial charge in [0.05, 0.1) is 40.6 Å². The van der Waals surface area contributed by atoms with E-state index in [1.807, 2.05) is 49.4 Å². The van der Waals surface area contributed by atoms with Crippen LogP contribution in [0.5, 0.6) is 5.75 Å². The highest BCUT2D eigenvalue weighted by Crippen LogP contribution is 2.67. The molecule has 2 aromatic carbocycles. The number of benzene rings is 2. The predicted molar refractivity (Wildman–Crippen MR) is 113 cm³/mol. The summed E-state index contributed by atoms with van der Waals surface area (Å²) in [5.74, 6) is 0.882. The number of ether oxygens (including phenoxy) is 1. The number of hydrogen-bond acceptors (Lipinski definition) is 4. The Labute approximate surface area is 170 Å². The standard InChI is InChI=1S/C24H25N3O2/c1-14-9-10-19(29-4)18(13-14)27-22(28)24-12-11-15(23(24,2)3)20-21(24)26-17-8-6-5-7-16(17)25-20/h5-10,13,15H,11-12H2,1-4H3,(H,27,28). The average Bonchev–Trinajstić information content (AvgIpc) is 3.08. The number of rotatable bonds is 3. The lowest BCUT2D eigenvalue weighted by molar-refractivity contribution is -0.124. The molecule has 1 N–H and O–H groups in total. The normalized spacial score (nSPS) is 23.8. The van der Waals surface area contributed by atoms with Crippen LogP contribution in [0.1, 0.15) is 49.6 Å². The number of nitrogens with zero attached hydrogens (tertiary/aromatic N) is 2. The fourth-order valence-corrected chi connectivity index (χ4v) is 5.48. The number of carbonyl (C=O) groups is 1. The molecule has 2 bridgehead atoms. The van der Waals surface area contributed by atoms with Crippen molar-refractivity contribution in [2.24, 2.45) is 5.41 Å². The van der Waals surface area contributed by atoms with Crippen molar-refractivity contribution in [1.29, 1.82) is 0 Å². The van der Waals surface area contributed by atoms with E-state index in [4.69, 9.17) is 14.7 Å². The maximum absolute atomic E-state index is 13.9. The van der Waals surface area contributed by atoms with E-state index in [2.05, 4.69) is 19.2 Å². The van der Waals surface area contributed by atoms with Gasteiger partial charge in [0.1, 0.15) is 5.75 Å². The Balaban J connectivity index is 1.65. The molecule has 1 amide bonds. The molecule has 1 aromatic heterocycles. The van der Waals surface area contributed by atoms with E-state index in [1.54, 1.807) is 7.11 Å². The summed E-state index contributed by atoms with van der Waals surface area (Å²) in [5, 5.41) is 3.18. The van der Waals surface area contributed by atoms with Gasteiger partial charge in [-0.05, 0) is 55.0 Å². The zero-order valence-electron chi connectivity index (χ0n) is 17.2. The van der Waals surface area contributed by atoms with E-state index in [1.165, 1.54) is 0 Å². The molecular formula is C24H25N3O2. The summed E-state index contributed by atoms with van der Waals surface area (Å²) in [6.07, 6.45) is 1.73. The van der Waals surface area contributed by atoms with Crippen LogP contribution in [-0.2, 0) is 10.2 Å². The van der Waals surface area contributed by atoms with Crippen molar-refractivity contribution in [2.75, 3.05) is 12.4 Å². The zero-order valence-corrected chi connectivity index (χ0v) is 17.2. The molecule has 2 atom stereocenters. The van der Waals surface area contributed by atoms with Gasteiger partial charge in [-0.1, -0.05) is 32.0 Å². The summed E-state index contributed by atoms with van der Waals surface area (Å²) in [6.45, 7) is 6.38. The van der Waals surface area contributed by atoms with Gasteiger partial charge in [0.15, 0.2) is 0 Å². The minimum atomic E-state index is -0.696. The number of amides is 1. The van der Waals surface area contributed by atoms with Crippen molar-refractivity contribution in [3.8, 4) is 5.75 Å². The topological polar surface area (TPSA) is 64.1 Å². The Bertz CT molecular complexity index is 1150. The van der Waals surface area contributed by atoms with Gasteiger partial charge in [-0.15, -0.1) is 0 Å². The molecule has 0 spiro atoms. The van der Waals surface area contributed by atoms with Crippen LogP contribution in [0.15, 0.2) is 42.5 Å². The third-order valence-corrected chi connectivity index (χ3v) is 7.10. The van der Waals surface area contributed by atoms with Crippen LogP contribution in [0.4, 0.5) is 5.69 Å². The second-order valence-electron chi connectivity index (χ2n) is 8.82. The Morgan fingerprint density at radius 1 is 1.14 bits per heavy atom. The second-order valence-corrected chi connectivity index (χ2v) is 8.82. The Morgan fingerprint density at radius 3 is 2.59 bits per heavy atom. The van der Waals surface area contributed by atoms with Crippen molar-refractivity contribution in [3.05, 3.63) is 59.4 Å². The molecule has 1 heterocycles. The lowest BCUT2D eigenvalue weighted by atomic mass is 9.67. The maximum atomic E-state index is 13.9. The number of hydrogen-bond donors (Lipinski definition) is 1. The highest BCUT2D eigenvalue weighted by atomic mass is 16.5. The van der Waals surface area contributed by atoms with Crippen LogP contribution in [0.3, 0.4) is 0 Å². The number of anilines is 1. The molecular weight excluding hydrogens is 362 g/mol. The minimum Gasteiger partial charge on any atom is -0.495 e. The summed E-state index contributed by atoms with van der Waals surface area (Å²) in [6, 6.07) is 13.7. The lowest BCUT2D eigenvalue weighted by Crippen LogP contribution is -2.46. The van der Waals surface area contributed by atoms with Gasteiger partial charge in [-0.3, -0.25) is 4.79 Å². The van der Waals surface area contributed by atoms with Crippen LogP contribution in [-0.4, -0.2) is 23.0 Å². The van der Waals surface area contributed by atoms with Crippen LogP contribution in [0.2, 0.25) is 0 Å². The average molecular weight is 387 g/mol. The molecule has 0 aliphatic heterocycles. The lowest BCUT2D eigenvalue weighted by Gasteiger charge is -2.36. The number of carbonyl (C=O) groups excluding carboxylic acids is 1. The molecule has 2 aliphatic carbocycles. The largest absolute Gasteiger partial charge is 0.495 e. The smallest absolute Gasteiger partial charge is 0.237 e. The number of aryl methyl sites for hydroxylation is 1. The molecule has 2 aliphatic rings. The van der Waals surface area contributed by atoms with Gasteiger partial charge in [0, 0.05) is 5.92 Å². The summed E-state index contributed by atoms with van der Waals surface area (Å²) in [5.41, 5.74) is 4.40. The van der Waals surface area contributed by atoms with Crippen LogP contribution in [0.25, 0.3) is 11.0 Å². The molecule has 148 valence electrons. The Kier molecular flexibility index (Phi) is 3.76. The van der Waals surface area contributed by atoms with E-state index in [0.717, 1.165) is 40.8 Å². The fourth-order valence-electron chi connectivity index (χ4n) is 5.48. The van der Waals surface area contributed by atoms with Crippen molar-refractivity contribution in [1.82, 2.24) is 9.97 Å². The molecule has 5 heteroatoms. The first-order chi connectivity index (χ1) is 13.9. The van der Waals surface area contributed by atoms with Crippen molar-refractivity contribution >= 4 is 22.6 Å². The van der Waals surface area contributed by atoms with Crippen LogP contribution in [0, 0.1) is 12.3 Å². The summed E-state index contributed by atoms with van der Waals surface area (Å²) in [4.78, 5) is 23.8. The number of methoxy groups -OCH3 is 1. The Hall–Kier alpha value is -2.95. The van der Waals surface area contributed by atoms with Crippen molar-refractivity contribution in [2.45, 2.75) is 44.9 Å². The van der Waals surface area contributed by atoms with E-state index in [0.29, 0.717) is 11.4 Å². The summed E-state index contributed by atoms with van der Waals surface area (Å²) in [7, 11) is 1.62. The first kappa shape index (κ1) is 18.1. The highest BCUT2D eigenvalue weighted by molar-refractivity contribution is 6.02. The summed E-state index contributed by atoms with van der Waals surface area (Å²) < 4.78 is 5.48. The van der Waals surface area contributed by atoms with Gasteiger partial charge in [-0.25, -0.2) is 9.97 Å². The molecule has 2 unspecified atom stereocenters. The molecule has 5 rings (SSSR count). The number of fused-ring (bicyclic) bond motifs is 6. The van der Waals surface area contributed by atoms with E-state index in [-0.39, 0.29) is 17.2 Å². The quantitative estimate of drug-likeness (QED) is 0.705. The van der Waals surface area contributed by atoms with E-state index in [9.17, 15) is 4.79 Å². The molecule has 1 saturated carbocycles. The minimum absolute atomic E-state index is 0.0165. The zero-order chi connectivity index (χ0) is 20.4. The third kappa shape index (κ3) is 2.30. The molecule has 29 heavy (non-hydrogen) atoms.